The van der Waals surface area contributed by atoms with Crippen molar-refractivity contribution in [1.29, 1.82) is 0 Å². The number of benzene rings is 2. The van der Waals surface area contributed by atoms with Crippen molar-refractivity contribution in [2.45, 2.75) is 13.0 Å². The Bertz CT molecular complexity index is 881. The van der Waals surface area contributed by atoms with E-state index in [0.29, 0.717) is 11.4 Å². The minimum atomic E-state index is -0.402. The van der Waals surface area contributed by atoms with Gasteiger partial charge in [0.05, 0.1) is 27.4 Å². The lowest BCUT2D eigenvalue weighted by molar-refractivity contribution is -0.885. The van der Waals surface area contributed by atoms with Crippen LogP contribution in [0.1, 0.15) is 6.92 Å². The average Bonchev–Trinajstić information content (AvgIpc) is 2.79. The van der Waals surface area contributed by atoms with Crippen LogP contribution in [0, 0.1) is 0 Å². The van der Waals surface area contributed by atoms with E-state index in [1.54, 1.807) is 26.2 Å². The lowest BCUT2D eigenvalue weighted by atomic mass is 10.2. The van der Waals surface area contributed by atoms with E-state index in [9.17, 15) is 9.59 Å². The van der Waals surface area contributed by atoms with Crippen LogP contribution in [0.4, 0.5) is 17.1 Å². The molecule has 1 aliphatic heterocycles. The highest BCUT2D eigenvalue weighted by Gasteiger charge is 2.24. The van der Waals surface area contributed by atoms with Crippen molar-refractivity contribution in [1.82, 2.24) is 0 Å². The second-order valence-corrected chi connectivity index (χ2v) is 7.66. The summed E-state index contributed by atoms with van der Waals surface area (Å²) >= 11 is 0. The summed E-state index contributed by atoms with van der Waals surface area (Å²) < 4.78 is 10.6. The summed E-state index contributed by atoms with van der Waals surface area (Å²) in [5, 5.41) is 5.78. The maximum atomic E-state index is 12.6. The van der Waals surface area contributed by atoms with Gasteiger partial charge in [0.25, 0.3) is 11.8 Å². The van der Waals surface area contributed by atoms with E-state index in [1.165, 1.54) is 0 Å². The summed E-state index contributed by atoms with van der Waals surface area (Å²) in [5.41, 5.74) is 2.52. The molecule has 0 spiro atoms. The molecule has 2 aromatic rings. The van der Waals surface area contributed by atoms with Gasteiger partial charge in [-0.25, -0.2) is 0 Å². The number of ether oxygens (including phenoxy) is 2. The molecule has 0 bridgehead atoms. The number of methoxy groups -OCH3 is 1. The summed E-state index contributed by atoms with van der Waals surface area (Å²) in [5.74, 6) is 0.372. The maximum Gasteiger partial charge on any atom is 0.282 e. The number of hydrogen-bond acceptors (Lipinski definition) is 5. The first-order valence-corrected chi connectivity index (χ1v) is 10.5. The summed E-state index contributed by atoms with van der Waals surface area (Å²) in [4.78, 5) is 28.1. The van der Waals surface area contributed by atoms with E-state index in [1.807, 2.05) is 43.4 Å². The van der Waals surface area contributed by atoms with Crippen LogP contribution in [0.5, 0.6) is 5.75 Å². The fraction of sp³-hybridized carbons (Fsp3) is 0.391. The smallest absolute Gasteiger partial charge is 0.282 e. The summed E-state index contributed by atoms with van der Waals surface area (Å²) in [6, 6.07) is 14.6. The van der Waals surface area contributed by atoms with Gasteiger partial charge in [0.15, 0.2) is 12.6 Å². The third-order valence-corrected chi connectivity index (χ3v) is 5.44. The van der Waals surface area contributed by atoms with Crippen LogP contribution in [0.15, 0.2) is 48.5 Å². The predicted molar refractivity (Wildman–Crippen MR) is 121 cm³/mol. The Morgan fingerprint density at radius 3 is 2.48 bits per heavy atom. The van der Waals surface area contributed by atoms with Crippen LogP contribution in [0.3, 0.4) is 0 Å². The fourth-order valence-corrected chi connectivity index (χ4v) is 3.36. The number of amides is 2. The quantitative estimate of drug-likeness (QED) is 0.586. The van der Waals surface area contributed by atoms with Crippen molar-refractivity contribution >= 4 is 28.9 Å². The van der Waals surface area contributed by atoms with Crippen LogP contribution in [-0.2, 0) is 14.3 Å². The predicted octanol–water partition coefficient (Wildman–Crippen LogP) is 1.01. The van der Waals surface area contributed by atoms with Gasteiger partial charge < -0.3 is 29.9 Å². The monoisotopic (exact) mass is 427 g/mol. The second kappa shape index (κ2) is 10.8. The molecular weight excluding hydrogens is 396 g/mol. The molecule has 1 fully saturated rings. The number of likely N-dealkylation sites (N-methyl/N-ethyl adjacent to an activating group) is 1. The highest BCUT2D eigenvalue weighted by atomic mass is 16.5. The van der Waals surface area contributed by atoms with Crippen molar-refractivity contribution in [2.24, 2.45) is 0 Å². The van der Waals surface area contributed by atoms with Crippen LogP contribution in [0.25, 0.3) is 0 Å². The van der Waals surface area contributed by atoms with Crippen LogP contribution < -0.4 is 25.2 Å². The number of rotatable bonds is 8. The van der Waals surface area contributed by atoms with E-state index in [4.69, 9.17) is 9.47 Å². The molecule has 2 atom stereocenters. The van der Waals surface area contributed by atoms with Gasteiger partial charge in [-0.2, -0.15) is 0 Å². The molecule has 166 valence electrons. The molecule has 31 heavy (non-hydrogen) atoms. The van der Waals surface area contributed by atoms with Gasteiger partial charge in [-0.3, -0.25) is 9.59 Å². The molecule has 8 nitrogen and oxygen atoms in total. The average molecular weight is 428 g/mol. The van der Waals surface area contributed by atoms with Gasteiger partial charge in [-0.15, -0.1) is 0 Å². The van der Waals surface area contributed by atoms with E-state index in [-0.39, 0.29) is 18.4 Å². The van der Waals surface area contributed by atoms with Crippen molar-refractivity contribution in [3.05, 3.63) is 48.5 Å². The Morgan fingerprint density at radius 1 is 1.10 bits per heavy atom. The number of nitrogens with one attached hydrogen (secondary N) is 3. The topological polar surface area (TPSA) is 84.3 Å². The standard InChI is InChI=1S/C23H30N4O4/c1-17(23(29)25-19-5-4-6-21(15-19)30-3)26(2)16-22(28)24-18-7-9-20(10-8-18)27-11-13-31-14-12-27/h4-10,15,17H,11-14,16H2,1-3H3,(H,24,28)(H,25,29)/p+1/t17-/m1/s1. The molecule has 0 saturated carbocycles. The highest BCUT2D eigenvalue weighted by Crippen LogP contribution is 2.19. The van der Waals surface area contributed by atoms with Gasteiger partial charge in [-0.1, -0.05) is 6.07 Å². The first-order valence-electron chi connectivity index (χ1n) is 10.5. The first kappa shape index (κ1) is 22.6. The maximum absolute atomic E-state index is 12.6. The Morgan fingerprint density at radius 2 is 1.81 bits per heavy atom. The molecule has 1 saturated heterocycles. The zero-order valence-electron chi connectivity index (χ0n) is 18.3. The number of hydrogen-bond donors (Lipinski definition) is 3. The minimum absolute atomic E-state index is 0.141. The van der Waals surface area contributed by atoms with E-state index >= 15 is 0 Å². The Hall–Kier alpha value is -3.10. The number of anilines is 3. The van der Waals surface area contributed by atoms with Gasteiger partial charge in [-0.05, 0) is 43.3 Å². The number of quaternary nitrogens is 1. The zero-order valence-corrected chi connectivity index (χ0v) is 18.3. The van der Waals surface area contributed by atoms with Crippen molar-refractivity contribution in [3.8, 4) is 5.75 Å². The van der Waals surface area contributed by atoms with Gasteiger partial charge in [0.1, 0.15) is 5.75 Å². The fourth-order valence-electron chi connectivity index (χ4n) is 3.36. The van der Waals surface area contributed by atoms with Crippen molar-refractivity contribution in [3.63, 3.8) is 0 Å². The van der Waals surface area contributed by atoms with Crippen molar-refractivity contribution < 1.29 is 24.0 Å². The molecule has 2 amide bonds. The summed E-state index contributed by atoms with van der Waals surface area (Å²) in [7, 11) is 3.41. The molecule has 2 aromatic carbocycles. The van der Waals surface area contributed by atoms with E-state index < -0.39 is 6.04 Å². The number of nitrogens with zero attached hydrogens (tertiary/aromatic N) is 1. The highest BCUT2D eigenvalue weighted by molar-refractivity contribution is 5.94. The van der Waals surface area contributed by atoms with Crippen LogP contribution in [0.2, 0.25) is 0 Å². The molecule has 0 aromatic heterocycles. The van der Waals surface area contributed by atoms with Crippen LogP contribution in [-0.4, -0.2) is 64.9 Å². The molecule has 3 N–H and O–H groups in total. The second-order valence-electron chi connectivity index (χ2n) is 7.66. The molecule has 1 heterocycles. The minimum Gasteiger partial charge on any atom is -0.497 e. The third kappa shape index (κ3) is 6.44. The summed E-state index contributed by atoms with van der Waals surface area (Å²) in [6.07, 6.45) is 0. The molecular formula is C23H31N4O4+. The number of morpholine rings is 1. The molecule has 3 rings (SSSR count). The lowest BCUT2D eigenvalue weighted by Gasteiger charge is -2.28. The Kier molecular flexibility index (Phi) is 7.86. The van der Waals surface area contributed by atoms with Gasteiger partial charge in [0.2, 0.25) is 0 Å². The lowest BCUT2D eigenvalue weighted by Crippen LogP contribution is -3.14. The SMILES string of the molecule is COc1cccc(NC(=O)[C@@H](C)[NH+](C)CC(=O)Nc2ccc(N3CCOCC3)cc2)c1. The molecule has 0 radical (unpaired) electrons. The van der Waals surface area contributed by atoms with Gasteiger partial charge in [0, 0.05) is 36.2 Å². The Labute approximate surface area is 183 Å². The molecule has 1 aliphatic rings. The molecule has 0 aliphatic carbocycles. The normalized spacial score (nSPS) is 15.6. The number of carbonyl (C=O) groups is 2. The third-order valence-electron chi connectivity index (χ3n) is 5.44. The Balaban J connectivity index is 1.49. The molecule has 8 heteroatoms. The molecule has 1 unspecified atom stereocenters. The van der Waals surface area contributed by atoms with E-state index in [0.717, 1.165) is 42.6 Å². The number of carbonyl (C=O) groups excluding carboxylic acids is 2. The summed E-state index contributed by atoms with van der Waals surface area (Å²) in [6.45, 7) is 5.19. The zero-order chi connectivity index (χ0) is 22.2. The first-order chi connectivity index (χ1) is 15.0. The van der Waals surface area contributed by atoms with E-state index in [2.05, 4.69) is 15.5 Å². The largest absolute Gasteiger partial charge is 0.497 e. The van der Waals surface area contributed by atoms with Crippen LogP contribution >= 0.6 is 0 Å². The van der Waals surface area contributed by atoms with Gasteiger partial charge >= 0.3 is 0 Å². The van der Waals surface area contributed by atoms with Crippen molar-refractivity contribution in [2.75, 3.05) is 62.5 Å².